The van der Waals surface area contributed by atoms with Crippen LogP contribution in [0.15, 0.2) is 23.3 Å². The Balaban J connectivity index is 1.53. The molecule has 0 aromatic carbocycles. The first-order valence-corrected chi connectivity index (χ1v) is 13.2. The first kappa shape index (κ1) is 22.6. The van der Waals surface area contributed by atoms with Gasteiger partial charge in [0.15, 0.2) is 0 Å². The van der Waals surface area contributed by atoms with Crippen LogP contribution in [0.25, 0.3) is 0 Å². The molecule has 30 heavy (non-hydrogen) atoms. The van der Waals surface area contributed by atoms with Crippen LogP contribution in [0.2, 0.25) is 0 Å². The Bertz CT molecular complexity index is 686. The maximum absolute atomic E-state index is 10.2. The third kappa shape index (κ3) is 3.66. The summed E-state index contributed by atoms with van der Waals surface area (Å²) in [6, 6.07) is 0. The average Bonchev–Trinajstić information content (AvgIpc) is 3.06. The molecule has 170 valence electrons. The highest BCUT2D eigenvalue weighted by Crippen LogP contribution is 2.67. The van der Waals surface area contributed by atoms with Crippen molar-refractivity contribution >= 4 is 0 Å². The highest BCUT2D eigenvalue weighted by atomic mass is 16.3. The van der Waals surface area contributed by atoms with Crippen molar-refractivity contribution < 1.29 is 5.11 Å². The van der Waals surface area contributed by atoms with E-state index in [4.69, 9.17) is 0 Å². The highest BCUT2D eigenvalue weighted by molar-refractivity contribution is 5.26. The number of hydrogen-bond acceptors (Lipinski definition) is 1. The van der Waals surface area contributed by atoms with Gasteiger partial charge in [0.05, 0.1) is 6.10 Å². The zero-order valence-corrected chi connectivity index (χ0v) is 20.7. The zero-order chi connectivity index (χ0) is 21.7. The molecule has 4 rings (SSSR count). The van der Waals surface area contributed by atoms with Crippen LogP contribution >= 0.6 is 0 Å². The Labute approximate surface area is 186 Å². The smallest absolute Gasteiger partial charge is 0.0577 e. The van der Waals surface area contributed by atoms with Gasteiger partial charge in [-0.25, -0.2) is 0 Å². The largest absolute Gasteiger partial charge is 0.393 e. The summed E-state index contributed by atoms with van der Waals surface area (Å²) in [6.07, 6.45) is 17.8. The monoisotopic (exact) mass is 412 g/mol. The summed E-state index contributed by atoms with van der Waals surface area (Å²) in [5, 5.41) is 10.2. The summed E-state index contributed by atoms with van der Waals surface area (Å²) in [6.45, 7) is 14.8. The maximum atomic E-state index is 10.2. The summed E-state index contributed by atoms with van der Waals surface area (Å²) in [4.78, 5) is 0. The van der Waals surface area contributed by atoms with Gasteiger partial charge in [-0.3, -0.25) is 0 Å². The van der Waals surface area contributed by atoms with Gasteiger partial charge in [-0.05, 0) is 111 Å². The van der Waals surface area contributed by atoms with Crippen LogP contribution in [-0.4, -0.2) is 11.2 Å². The molecule has 0 spiro atoms. The Morgan fingerprint density at radius 1 is 1.13 bits per heavy atom. The molecule has 8 atom stereocenters. The molecule has 0 aromatic heterocycles. The molecule has 0 heterocycles. The van der Waals surface area contributed by atoms with E-state index in [1.807, 2.05) is 0 Å². The number of rotatable bonds is 5. The Hall–Kier alpha value is -0.560. The van der Waals surface area contributed by atoms with Crippen LogP contribution in [0.4, 0.5) is 0 Å². The number of aliphatic hydroxyl groups excluding tert-OH is 1. The van der Waals surface area contributed by atoms with E-state index in [0.717, 1.165) is 48.3 Å². The molecule has 0 bridgehead atoms. The van der Waals surface area contributed by atoms with E-state index in [1.54, 1.807) is 11.1 Å². The van der Waals surface area contributed by atoms with Gasteiger partial charge in [0.25, 0.3) is 0 Å². The van der Waals surface area contributed by atoms with Gasteiger partial charge in [0.2, 0.25) is 0 Å². The van der Waals surface area contributed by atoms with Crippen LogP contribution in [-0.2, 0) is 0 Å². The lowest BCUT2D eigenvalue weighted by atomic mass is 9.47. The van der Waals surface area contributed by atoms with Crippen LogP contribution < -0.4 is 0 Å². The van der Waals surface area contributed by atoms with Gasteiger partial charge < -0.3 is 5.11 Å². The van der Waals surface area contributed by atoms with Gasteiger partial charge in [0.1, 0.15) is 0 Å². The molecular formula is C29H48O. The molecule has 3 fully saturated rings. The minimum absolute atomic E-state index is 0.0869. The summed E-state index contributed by atoms with van der Waals surface area (Å²) >= 11 is 0. The first-order chi connectivity index (χ1) is 14.2. The minimum atomic E-state index is -0.0869. The lowest BCUT2D eigenvalue weighted by molar-refractivity contribution is -0.0454. The molecule has 0 aromatic rings. The summed E-state index contributed by atoms with van der Waals surface area (Å²) in [5.74, 6) is 5.07. The third-order valence-electron chi connectivity index (χ3n) is 10.8. The Morgan fingerprint density at radius 3 is 2.60 bits per heavy atom. The molecule has 4 aliphatic carbocycles. The topological polar surface area (TPSA) is 20.2 Å². The van der Waals surface area contributed by atoms with Gasteiger partial charge >= 0.3 is 0 Å². The van der Waals surface area contributed by atoms with Crippen molar-refractivity contribution in [2.75, 3.05) is 0 Å². The number of hydrogen-bond donors (Lipinski definition) is 1. The molecule has 4 aliphatic rings. The number of fused-ring (bicyclic) bond motifs is 5. The second kappa shape index (κ2) is 8.42. The van der Waals surface area contributed by atoms with Crippen LogP contribution in [0.1, 0.15) is 106 Å². The van der Waals surface area contributed by atoms with Crippen LogP contribution in [0.5, 0.6) is 0 Å². The van der Waals surface area contributed by atoms with Gasteiger partial charge in [-0.15, -0.1) is 0 Å². The van der Waals surface area contributed by atoms with Crippen molar-refractivity contribution in [3.05, 3.63) is 23.3 Å². The number of aliphatic hydroxyl groups is 1. The zero-order valence-electron chi connectivity index (χ0n) is 20.7. The fourth-order valence-electron chi connectivity index (χ4n) is 8.78. The summed E-state index contributed by atoms with van der Waals surface area (Å²) in [5.41, 5.74) is 4.20. The maximum Gasteiger partial charge on any atom is 0.0577 e. The highest BCUT2D eigenvalue weighted by Gasteiger charge is 2.58. The van der Waals surface area contributed by atoms with E-state index >= 15 is 0 Å². The van der Waals surface area contributed by atoms with Gasteiger partial charge in [0, 0.05) is 0 Å². The summed E-state index contributed by atoms with van der Waals surface area (Å²) in [7, 11) is 0. The van der Waals surface area contributed by atoms with Gasteiger partial charge in [-0.2, -0.15) is 0 Å². The van der Waals surface area contributed by atoms with Crippen molar-refractivity contribution in [3.8, 4) is 0 Å². The molecule has 0 amide bonds. The lowest BCUT2D eigenvalue weighted by Crippen LogP contribution is -2.50. The quantitative estimate of drug-likeness (QED) is 0.454. The molecule has 0 aliphatic heterocycles. The van der Waals surface area contributed by atoms with Crippen LogP contribution in [0, 0.1) is 46.3 Å². The molecule has 0 radical (unpaired) electrons. The SMILES string of the molecule is CC[C@H](C/C=C(\C)[C@H]1CC[C@@H]2[C@H]3CC=C4C[C@@H](O)CC[C@]4(C)[C@@H]3CC[C@]12C)C(C)C. The van der Waals surface area contributed by atoms with E-state index in [0.29, 0.717) is 10.8 Å². The molecular weight excluding hydrogens is 364 g/mol. The molecule has 3 saturated carbocycles. The number of allylic oxidation sites excluding steroid dienone is 3. The van der Waals surface area contributed by atoms with E-state index in [-0.39, 0.29) is 6.10 Å². The van der Waals surface area contributed by atoms with Crippen molar-refractivity contribution in [1.82, 2.24) is 0 Å². The normalized spacial score (nSPS) is 44.9. The predicted octanol–water partition coefficient (Wildman–Crippen LogP) is 7.94. The molecule has 1 N–H and O–H groups in total. The minimum Gasteiger partial charge on any atom is -0.393 e. The van der Waals surface area contributed by atoms with Crippen molar-refractivity contribution in [2.45, 2.75) is 112 Å². The van der Waals surface area contributed by atoms with Crippen molar-refractivity contribution in [3.63, 3.8) is 0 Å². The molecule has 1 heteroatoms. The summed E-state index contributed by atoms with van der Waals surface area (Å²) < 4.78 is 0. The van der Waals surface area contributed by atoms with Crippen LogP contribution in [0.3, 0.4) is 0 Å². The standard InChI is InChI=1S/C29H48O/c1-7-21(19(2)3)9-8-20(4)25-12-13-26-24-11-10-22-18-23(30)14-16-28(22,5)27(24)15-17-29(25,26)6/h8,10,19,21,23-27,30H,7,9,11-18H2,1-6H3/b20-8+/t21-,23+,24-,25-,26-,27-,28+,29-/m1/s1. The fourth-order valence-corrected chi connectivity index (χ4v) is 8.78. The Morgan fingerprint density at radius 2 is 1.90 bits per heavy atom. The third-order valence-corrected chi connectivity index (χ3v) is 10.8. The molecule has 0 unspecified atom stereocenters. The van der Waals surface area contributed by atoms with E-state index in [9.17, 15) is 5.11 Å². The van der Waals surface area contributed by atoms with E-state index in [2.05, 4.69) is 53.7 Å². The molecule has 1 nitrogen and oxygen atoms in total. The van der Waals surface area contributed by atoms with E-state index in [1.165, 1.54) is 51.4 Å². The van der Waals surface area contributed by atoms with Crippen molar-refractivity contribution in [2.24, 2.45) is 46.3 Å². The second-order valence-corrected chi connectivity index (χ2v) is 12.4. The van der Waals surface area contributed by atoms with Crippen molar-refractivity contribution in [1.29, 1.82) is 0 Å². The second-order valence-electron chi connectivity index (χ2n) is 12.4. The Kier molecular flexibility index (Phi) is 6.35. The lowest BCUT2D eigenvalue weighted by Gasteiger charge is -2.58. The average molecular weight is 413 g/mol. The first-order valence-electron chi connectivity index (χ1n) is 13.2. The fraction of sp³-hybridized carbons (Fsp3) is 0.862. The molecule has 0 saturated heterocycles. The van der Waals surface area contributed by atoms with Gasteiger partial charge in [-0.1, -0.05) is 64.3 Å². The predicted molar refractivity (Wildman–Crippen MR) is 128 cm³/mol. The van der Waals surface area contributed by atoms with E-state index < -0.39 is 0 Å².